The van der Waals surface area contributed by atoms with Crippen molar-refractivity contribution < 1.29 is 14.3 Å². The van der Waals surface area contributed by atoms with E-state index in [0.29, 0.717) is 25.2 Å². The normalized spacial score (nSPS) is 23.8. The third-order valence-electron chi connectivity index (χ3n) is 7.30. The van der Waals surface area contributed by atoms with E-state index in [4.69, 9.17) is 9.47 Å². The zero-order chi connectivity index (χ0) is 22.6. The molecule has 5 rings (SSSR count). The largest absolute Gasteiger partial charge is 0.486 e. The maximum absolute atomic E-state index is 12.6. The van der Waals surface area contributed by atoms with Crippen LogP contribution in [0.2, 0.25) is 0 Å². The molecular weight excluding hydrogens is 414 g/mol. The Morgan fingerprint density at radius 3 is 2.58 bits per heavy atom. The van der Waals surface area contributed by atoms with E-state index in [0.717, 1.165) is 62.3 Å². The lowest BCUT2D eigenvalue weighted by atomic mass is 9.96. The van der Waals surface area contributed by atoms with E-state index in [1.807, 2.05) is 24.3 Å². The summed E-state index contributed by atoms with van der Waals surface area (Å²) in [6.07, 6.45) is 5.43. The molecule has 0 aromatic heterocycles. The molecule has 2 aromatic rings. The number of amides is 1. The van der Waals surface area contributed by atoms with Crippen LogP contribution in [0.5, 0.6) is 11.5 Å². The predicted octanol–water partition coefficient (Wildman–Crippen LogP) is 3.93. The highest BCUT2D eigenvalue weighted by molar-refractivity contribution is 5.94. The van der Waals surface area contributed by atoms with Crippen LogP contribution in [-0.2, 0) is 0 Å². The Kier molecular flexibility index (Phi) is 6.83. The Bertz CT molecular complexity index is 956. The van der Waals surface area contributed by atoms with Crippen LogP contribution in [0.3, 0.4) is 0 Å². The minimum absolute atomic E-state index is 0.0469. The first-order valence-electron chi connectivity index (χ1n) is 12.4. The van der Waals surface area contributed by atoms with Crippen LogP contribution >= 0.6 is 0 Å². The fraction of sp³-hybridized carbons (Fsp3) is 0.519. The summed E-state index contributed by atoms with van der Waals surface area (Å²) in [5.41, 5.74) is 3.26. The maximum atomic E-state index is 12.6. The van der Waals surface area contributed by atoms with Gasteiger partial charge in [0.15, 0.2) is 11.5 Å². The third kappa shape index (κ3) is 5.17. The first-order chi connectivity index (χ1) is 16.2. The van der Waals surface area contributed by atoms with Gasteiger partial charge in [-0.15, -0.1) is 0 Å². The molecule has 3 atom stereocenters. The number of fused-ring (bicyclic) bond motifs is 1. The summed E-state index contributed by atoms with van der Waals surface area (Å²) in [5.74, 6) is 2.31. The Morgan fingerprint density at radius 1 is 0.970 bits per heavy atom. The molecule has 0 unspecified atom stereocenters. The van der Waals surface area contributed by atoms with Crippen molar-refractivity contribution in [3.05, 3.63) is 59.2 Å². The van der Waals surface area contributed by atoms with Crippen molar-refractivity contribution in [2.45, 2.75) is 63.1 Å². The molecule has 0 radical (unpaired) electrons. The first-order valence-corrected chi connectivity index (χ1v) is 12.4. The van der Waals surface area contributed by atoms with Gasteiger partial charge in [-0.25, -0.2) is 0 Å². The second-order valence-electron chi connectivity index (χ2n) is 9.59. The fourth-order valence-corrected chi connectivity index (χ4v) is 5.46. The summed E-state index contributed by atoms with van der Waals surface area (Å²) >= 11 is 0. The van der Waals surface area contributed by atoms with Crippen molar-refractivity contribution in [3.8, 4) is 11.5 Å². The molecule has 3 aliphatic rings. The van der Waals surface area contributed by atoms with E-state index in [9.17, 15) is 4.79 Å². The van der Waals surface area contributed by atoms with Crippen LogP contribution in [0.15, 0.2) is 42.5 Å². The molecule has 3 N–H and O–H groups in total. The van der Waals surface area contributed by atoms with E-state index in [1.54, 1.807) is 0 Å². The van der Waals surface area contributed by atoms with E-state index in [-0.39, 0.29) is 18.0 Å². The summed E-state index contributed by atoms with van der Waals surface area (Å²) in [6.45, 7) is 5.38. The van der Waals surface area contributed by atoms with Gasteiger partial charge in [0, 0.05) is 29.3 Å². The van der Waals surface area contributed by atoms with Crippen LogP contribution in [0.4, 0.5) is 0 Å². The number of benzene rings is 2. The zero-order valence-electron chi connectivity index (χ0n) is 19.4. The van der Waals surface area contributed by atoms with Crippen molar-refractivity contribution in [3.63, 3.8) is 0 Å². The number of carbonyl (C=O) groups excluding carboxylic acids is 1. The summed E-state index contributed by atoms with van der Waals surface area (Å²) in [6, 6.07) is 15.4. The Hall–Kier alpha value is -2.57. The summed E-state index contributed by atoms with van der Waals surface area (Å²) < 4.78 is 11.7. The van der Waals surface area contributed by atoms with Gasteiger partial charge in [-0.2, -0.15) is 0 Å². The van der Waals surface area contributed by atoms with Crippen LogP contribution in [-0.4, -0.2) is 44.3 Å². The lowest BCUT2D eigenvalue weighted by Gasteiger charge is -2.26. The smallest absolute Gasteiger partial charge is 0.251 e. The van der Waals surface area contributed by atoms with Gasteiger partial charge >= 0.3 is 0 Å². The average molecular weight is 450 g/mol. The third-order valence-corrected chi connectivity index (χ3v) is 7.30. The quantitative estimate of drug-likeness (QED) is 0.623. The van der Waals surface area contributed by atoms with Crippen molar-refractivity contribution >= 4 is 5.91 Å². The van der Waals surface area contributed by atoms with Gasteiger partial charge in [0.05, 0.1) is 0 Å². The number of hydrogen-bond donors (Lipinski definition) is 3. The molecule has 0 bridgehead atoms. The molecule has 6 nitrogen and oxygen atoms in total. The predicted molar refractivity (Wildman–Crippen MR) is 129 cm³/mol. The molecule has 2 aromatic carbocycles. The van der Waals surface area contributed by atoms with Crippen molar-refractivity contribution in [2.75, 3.05) is 26.3 Å². The van der Waals surface area contributed by atoms with Crippen LogP contribution in [0, 0.1) is 0 Å². The molecule has 2 fully saturated rings. The van der Waals surface area contributed by atoms with Crippen LogP contribution in [0.25, 0.3) is 0 Å². The van der Waals surface area contributed by atoms with Crippen molar-refractivity contribution in [2.24, 2.45) is 0 Å². The molecule has 1 aliphatic carbocycles. The second-order valence-corrected chi connectivity index (χ2v) is 9.59. The molecule has 1 saturated carbocycles. The topological polar surface area (TPSA) is 71.6 Å². The molecule has 33 heavy (non-hydrogen) atoms. The van der Waals surface area contributed by atoms with Crippen LogP contribution < -0.4 is 25.4 Å². The monoisotopic (exact) mass is 449 g/mol. The van der Waals surface area contributed by atoms with Crippen LogP contribution in [0.1, 0.15) is 72.5 Å². The van der Waals surface area contributed by atoms with Crippen molar-refractivity contribution in [1.29, 1.82) is 0 Å². The molecule has 1 amide bonds. The van der Waals surface area contributed by atoms with E-state index < -0.39 is 0 Å². The van der Waals surface area contributed by atoms with Gasteiger partial charge in [0.1, 0.15) is 13.2 Å². The Morgan fingerprint density at radius 2 is 1.76 bits per heavy atom. The maximum Gasteiger partial charge on any atom is 0.251 e. The Balaban J connectivity index is 1.16. The number of hydrogen-bond acceptors (Lipinski definition) is 5. The zero-order valence-corrected chi connectivity index (χ0v) is 19.4. The molecular formula is C27H35N3O3. The molecule has 176 valence electrons. The van der Waals surface area contributed by atoms with Gasteiger partial charge in [-0.05, 0) is 81.8 Å². The molecule has 1 saturated heterocycles. The van der Waals surface area contributed by atoms with Gasteiger partial charge in [-0.3, -0.25) is 4.79 Å². The lowest BCUT2D eigenvalue weighted by Crippen LogP contribution is -2.42. The fourth-order valence-electron chi connectivity index (χ4n) is 5.46. The number of carbonyl (C=O) groups is 1. The standard InChI is InChI=1S/C27H35N3O3/c1-18(24-3-2-4-25-26(24)33-16-15-32-25)29-23-10-9-21(17-23)19-5-7-20(8-6-19)27(31)30-22-11-13-28-14-12-22/h2-8,18,21-23,28-29H,9-17H2,1H3,(H,30,31)/t18-,21-,23+/m1/s1. The van der Waals surface area contributed by atoms with Gasteiger partial charge < -0.3 is 25.4 Å². The average Bonchev–Trinajstić information content (AvgIpc) is 3.33. The Labute approximate surface area is 196 Å². The number of para-hydroxylation sites is 1. The first kappa shape index (κ1) is 22.2. The highest BCUT2D eigenvalue weighted by atomic mass is 16.6. The SMILES string of the molecule is C[C@@H](N[C@H]1CC[C@@H](c2ccc(C(=O)NC3CCNCC3)cc2)C1)c1cccc2c1OCCO2. The second kappa shape index (κ2) is 10.1. The summed E-state index contributed by atoms with van der Waals surface area (Å²) in [4.78, 5) is 12.6. The number of piperidine rings is 1. The van der Waals surface area contributed by atoms with E-state index in [1.165, 1.54) is 11.1 Å². The molecule has 2 aliphatic heterocycles. The number of nitrogens with one attached hydrogen (secondary N) is 3. The van der Waals surface area contributed by atoms with Gasteiger partial charge in [-0.1, -0.05) is 24.3 Å². The minimum Gasteiger partial charge on any atom is -0.486 e. The van der Waals surface area contributed by atoms with Gasteiger partial charge in [0.25, 0.3) is 5.91 Å². The number of rotatable bonds is 6. The highest BCUT2D eigenvalue weighted by Gasteiger charge is 2.28. The molecule has 2 heterocycles. The summed E-state index contributed by atoms with van der Waals surface area (Å²) in [7, 11) is 0. The van der Waals surface area contributed by atoms with Crippen molar-refractivity contribution in [1.82, 2.24) is 16.0 Å². The lowest BCUT2D eigenvalue weighted by molar-refractivity contribution is 0.0929. The number of ether oxygens (including phenoxy) is 2. The molecule has 6 heteroatoms. The molecule has 0 spiro atoms. The van der Waals surface area contributed by atoms with E-state index >= 15 is 0 Å². The van der Waals surface area contributed by atoms with E-state index in [2.05, 4.69) is 41.1 Å². The highest BCUT2D eigenvalue weighted by Crippen LogP contribution is 2.39. The van der Waals surface area contributed by atoms with Gasteiger partial charge in [0.2, 0.25) is 0 Å². The minimum atomic E-state index is 0.0469. The summed E-state index contributed by atoms with van der Waals surface area (Å²) in [5, 5.41) is 10.3.